The van der Waals surface area contributed by atoms with E-state index in [0.717, 1.165) is 17.5 Å². The summed E-state index contributed by atoms with van der Waals surface area (Å²) < 4.78 is 36.1. The molecule has 0 amide bonds. The molecule has 0 radical (unpaired) electrons. The van der Waals surface area contributed by atoms with Gasteiger partial charge in [-0.1, -0.05) is 69.4 Å². The van der Waals surface area contributed by atoms with Crippen LogP contribution in [0, 0.1) is 0 Å². The average Bonchev–Trinajstić information content (AvgIpc) is 3.01. The Balaban J connectivity index is 0.00000320. The fraction of sp³-hybridized carbons (Fsp3) is 0.500. The molecule has 0 fully saturated rings. The van der Waals surface area contributed by atoms with Crippen LogP contribution in [0.3, 0.4) is 0 Å². The molecule has 2 aromatic carbocycles. The fourth-order valence-electron chi connectivity index (χ4n) is 4.06. The summed E-state index contributed by atoms with van der Waals surface area (Å²) in [6.07, 6.45) is 9.07. The maximum atomic E-state index is 11.3. The van der Waals surface area contributed by atoms with Crippen molar-refractivity contribution in [3.8, 4) is 0 Å². The molecule has 3 rings (SSSR count). The summed E-state index contributed by atoms with van der Waals surface area (Å²) >= 11 is 0. The molecule has 1 unspecified atom stereocenters. The molecule has 0 saturated carbocycles. The number of unbranched alkanes of at least 4 members (excludes halogenated alkanes) is 5. The quantitative estimate of drug-likeness (QED) is 0.263. The smallest absolute Gasteiger partial charge is 0.748 e. The standard InChI is InChI=1S/C24H33NO3S.Na/c1-3-4-5-6-7-8-11-20-14-15-22-21-12-9-10-13-23(21)25(24(22)18-20)17-16-19(2)29(26,27)28;/h9-10,12-15,18-19H,3-8,11,16-17H2,1-2H3,(H,26,27,28);/q;+1/p-1. The van der Waals surface area contributed by atoms with Crippen molar-refractivity contribution in [2.45, 2.75) is 77.0 Å². The van der Waals surface area contributed by atoms with Gasteiger partial charge >= 0.3 is 29.6 Å². The predicted octanol–water partition coefficient (Wildman–Crippen LogP) is 3.03. The maximum Gasteiger partial charge on any atom is 1.00 e. The van der Waals surface area contributed by atoms with Gasteiger partial charge in [0.15, 0.2) is 0 Å². The van der Waals surface area contributed by atoms with Crippen LogP contribution in [0.1, 0.15) is 64.4 Å². The van der Waals surface area contributed by atoms with Crippen LogP contribution in [-0.2, 0) is 23.1 Å². The summed E-state index contributed by atoms with van der Waals surface area (Å²) in [6, 6.07) is 14.9. The molecule has 0 bridgehead atoms. The third-order valence-electron chi connectivity index (χ3n) is 5.91. The van der Waals surface area contributed by atoms with Crippen LogP contribution in [0.4, 0.5) is 0 Å². The first-order valence-corrected chi connectivity index (χ1v) is 12.3. The van der Waals surface area contributed by atoms with E-state index in [1.807, 2.05) is 12.1 Å². The Morgan fingerprint density at radius 3 is 2.33 bits per heavy atom. The van der Waals surface area contributed by atoms with Gasteiger partial charge in [-0.25, -0.2) is 8.42 Å². The van der Waals surface area contributed by atoms with E-state index < -0.39 is 15.4 Å². The van der Waals surface area contributed by atoms with Crippen molar-refractivity contribution in [2.75, 3.05) is 0 Å². The number of para-hydroxylation sites is 1. The topological polar surface area (TPSA) is 62.1 Å². The van der Waals surface area contributed by atoms with Crippen LogP contribution in [-0.4, -0.2) is 22.8 Å². The van der Waals surface area contributed by atoms with Crippen LogP contribution in [0.5, 0.6) is 0 Å². The molecule has 0 saturated heterocycles. The molecule has 1 atom stereocenters. The van der Waals surface area contributed by atoms with Gasteiger partial charge in [0.05, 0.1) is 10.1 Å². The van der Waals surface area contributed by atoms with Crippen molar-refractivity contribution in [3.05, 3.63) is 48.0 Å². The molecule has 3 aromatic rings. The second-order valence-electron chi connectivity index (χ2n) is 8.13. The van der Waals surface area contributed by atoms with Crippen LogP contribution >= 0.6 is 0 Å². The molecule has 0 aliphatic heterocycles. The van der Waals surface area contributed by atoms with Crippen molar-refractivity contribution < 1.29 is 42.5 Å². The van der Waals surface area contributed by atoms with Crippen LogP contribution in [0.2, 0.25) is 0 Å². The second-order valence-corrected chi connectivity index (χ2v) is 9.92. The molecule has 4 nitrogen and oxygen atoms in total. The molecule has 0 aliphatic rings. The molecule has 1 aromatic heterocycles. The second kappa shape index (κ2) is 11.7. The van der Waals surface area contributed by atoms with Gasteiger partial charge in [0.1, 0.15) is 0 Å². The van der Waals surface area contributed by atoms with E-state index >= 15 is 0 Å². The van der Waals surface area contributed by atoms with Crippen molar-refractivity contribution in [1.82, 2.24) is 4.57 Å². The number of aryl methyl sites for hydroxylation is 2. The van der Waals surface area contributed by atoms with E-state index in [4.69, 9.17) is 0 Å². The summed E-state index contributed by atoms with van der Waals surface area (Å²) in [7, 11) is -4.26. The van der Waals surface area contributed by atoms with Gasteiger partial charge in [-0.15, -0.1) is 0 Å². The summed E-state index contributed by atoms with van der Waals surface area (Å²) in [4.78, 5) is 0. The normalized spacial score (nSPS) is 12.9. The van der Waals surface area contributed by atoms with Gasteiger partial charge in [-0.3, -0.25) is 0 Å². The minimum absolute atomic E-state index is 0. The van der Waals surface area contributed by atoms with E-state index in [1.54, 1.807) is 0 Å². The zero-order chi connectivity index (χ0) is 20.9. The number of aromatic nitrogens is 1. The van der Waals surface area contributed by atoms with Gasteiger partial charge in [0.2, 0.25) is 0 Å². The largest absolute Gasteiger partial charge is 1.00 e. The van der Waals surface area contributed by atoms with Crippen LogP contribution in [0.15, 0.2) is 42.5 Å². The van der Waals surface area contributed by atoms with E-state index in [2.05, 4.69) is 41.8 Å². The number of hydrogen-bond acceptors (Lipinski definition) is 3. The molecule has 0 N–H and O–H groups in total. The number of hydrogen-bond donors (Lipinski definition) is 0. The van der Waals surface area contributed by atoms with E-state index in [1.165, 1.54) is 61.8 Å². The van der Waals surface area contributed by atoms with Gasteiger partial charge in [-0.2, -0.15) is 0 Å². The Labute approximate surface area is 203 Å². The first kappa shape index (κ1) is 25.4. The third kappa shape index (κ3) is 6.33. The van der Waals surface area contributed by atoms with Crippen LogP contribution < -0.4 is 29.6 Å². The Morgan fingerprint density at radius 1 is 0.933 bits per heavy atom. The number of benzene rings is 2. The Morgan fingerprint density at radius 2 is 1.60 bits per heavy atom. The summed E-state index contributed by atoms with van der Waals surface area (Å²) in [5, 5.41) is 1.47. The summed E-state index contributed by atoms with van der Waals surface area (Å²) in [5.74, 6) is 0. The average molecular weight is 438 g/mol. The predicted molar refractivity (Wildman–Crippen MR) is 120 cm³/mol. The van der Waals surface area contributed by atoms with E-state index in [9.17, 15) is 13.0 Å². The Kier molecular flexibility index (Phi) is 9.89. The van der Waals surface area contributed by atoms with Gasteiger partial charge in [0, 0.05) is 33.6 Å². The fourth-order valence-corrected chi connectivity index (χ4v) is 4.45. The SMILES string of the molecule is CCCCCCCCc1ccc2c3ccccc3n(CCC(C)S(=O)(=O)[O-])c2c1.[Na+]. The summed E-state index contributed by atoms with van der Waals surface area (Å²) in [6.45, 7) is 4.26. The van der Waals surface area contributed by atoms with Crippen molar-refractivity contribution >= 4 is 31.9 Å². The molecule has 1 heterocycles. The number of rotatable bonds is 11. The van der Waals surface area contributed by atoms with E-state index in [0.29, 0.717) is 13.0 Å². The molecule has 0 spiro atoms. The van der Waals surface area contributed by atoms with Crippen molar-refractivity contribution in [3.63, 3.8) is 0 Å². The molecule has 0 aliphatic carbocycles. The minimum atomic E-state index is -4.26. The first-order valence-electron chi connectivity index (χ1n) is 10.9. The Bertz CT molecular complexity index is 1060. The molecular weight excluding hydrogens is 405 g/mol. The molecule has 158 valence electrons. The monoisotopic (exact) mass is 437 g/mol. The zero-order valence-electron chi connectivity index (χ0n) is 18.6. The molecular formula is C24H32NNaO3S. The minimum Gasteiger partial charge on any atom is -0.748 e. The Hall–Kier alpha value is -0.850. The van der Waals surface area contributed by atoms with E-state index in [-0.39, 0.29) is 29.6 Å². The number of fused-ring (bicyclic) bond motifs is 3. The zero-order valence-corrected chi connectivity index (χ0v) is 21.4. The van der Waals surface area contributed by atoms with Gasteiger partial charge in [-0.05, 0) is 43.9 Å². The van der Waals surface area contributed by atoms with Crippen molar-refractivity contribution in [1.29, 1.82) is 0 Å². The maximum absolute atomic E-state index is 11.3. The van der Waals surface area contributed by atoms with Crippen molar-refractivity contribution in [2.24, 2.45) is 0 Å². The molecule has 6 heteroatoms. The first-order chi connectivity index (χ1) is 13.9. The third-order valence-corrected chi connectivity index (χ3v) is 7.13. The van der Waals surface area contributed by atoms with Gasteiger partial charge in [0.25, 0.3) is 0 Å². The number of nitrogens with zero attached hydrogens (tertiary/aromatic N) is 1. The van der Waals surface area contributed by atoms with Crippen LogP contribution in [0.25, 0.3) is 21.8 Å². The molecule has 30 heavy (non-hydrogen) atoms. The van der Waals surface area contributed by atoms with Gasteiger partial charge < -0.3 is 9.12 Å². The summed E-state index contributed by atoms with van der Waals surface area (Å²) in [5.41, 5.74) is 3.54.